The number of aldehydes is 1. The summed E-state index contributed by atoms with van der Waals surface area (Å²) in [6.07, 6.45) is -2.27. The molecule has 0 saturated carbocycles. The molecule has 2 heterocycles. The average Bonchev–Trinajstić information content (AvgIpc) is 3.18. The largest absolute Gasteiger partial charge is 0.436 e. The molecule has 3 N–H and O–H groups in total. The Hall–Kier alpha value is -2.98. The number of ether oxygens (including phenoxy) is 1. The van der Waals surface area contributed by atoms with Crippen LogP contribution in [-0.2, 0) is 14.1 Å². The van der Waals surface area contributed by atoms with Gasteiger partial charge in [0.2, 0.25) is 0 Å². The van der Waals surface area contributed by atoms with Crippen molar-refractivity contribution in [3.05, 3.63) is 65.0 Å². The zero-order valence-corrected chi connectivity index (χ0v) is 18.2. The van der Waals surface area contributed by atoms with Crippen LogP contribution < -0.4 is 21.0 Å². The summed E-state index contributed by atoms with van der Waals surface area (Å²) in [4.78, 5) is 26.2. The van der Waals surface area contributed by atoms with E-state index in [9.17, 15) is 18.4 Å². The number of aromatic nitrogens is 2. The number of nitrogens with zero attached hydrogens (tertiary/aromatic N) is 2. The number of hydrogen-bond donors (Lipinski definition) is 2. The van der Waals surface area contributed by atoms with Crippen LogP contribution in [0.4, 0.5) is 14.6 Å². The van der Waals surface area contributed by atoms with Gasteiger partial charge in [-0.05, 0) is 22.9 Å². The summed E-state index contributed by atoms with van der Waals surface area (Å²) in [5, 5.41) is 4.81. The molecule has 4 atom stereocenters. The lowest BCUT2D eigenvalue weighted by molar-refractivity contribution is -0.106. The molecule has 1 aromatic heterocycles. The number of rotatable bonds is 9. The second kappa shape index (κ2) is 10.3. The Morgan fingerprint density at radius 2 is 2.09 bits per heavy atom. The molecule has 9 nitrogen and oxygen atoms in total. The Morgan fingerprint density at radius 1 is 1.30 bits per heavy atom. The van der Waals surface area contributed by atoms with Crippen LogP contribution in [0.2, 0.25) is 0 Å². The second-order valence-corrected chi connectivity index (χ2v) is 8.50. The van der Waals surface area contributed by atoms with Crippen molar-refractivity contribution in [1.29, 1.82) is 0 Å². The van der Waals surface area contributed by atoms with Gasteiger partial charge in [0.15, 0.2) is 11.6 Å². The molecule has 1 fully saturated rings. The van der Waals surface area contributed by atoms with Crippen molar-refractivity contribution >= 4 is 31.4 Å². The summed E-state index contributed by atoms with van der Waals surface area (Å²) in [6.45, 7) is -0.249. The van der Waals surface area contributed by atoms with Crippen LogP contribution >= 0.6 is 8.53 Å². The van der Waals surface area contributed by atoms with Crippen LogP contribution in [0.5, 0.6) is 5.75 Å². The minimum Gasteiger partial charge on any atom is -0.436 e. The highest BCUT2D eigenvalue weighted by atomic mass is 31.2. The Bertz CT molecular complexity index is 1200. The highest BCUT2D eigenvalue weighted by Gasteiger charge is 2.38. The fourth-order valence-corrected chi connectivity index (χ4v) is 4.37. The minimum absolute atomic E-state index is 0.0295. The van der Waals surface area contributed by atoms with Crippen molar-refractivity contribution < 1.29 is 27.4 Å². The smallest absolute Gasteiger partial charge is 0.351 e. The Labute approximate surface area is 188 Å². The van der Waals surface area contributed by atoms with E-state index in [-0.39, 0.29) is 19.6 Å². The van der Waals surface area contributed by atoms with Crippen LogP contribution in [0, 0.1) is 5.82 Å². The number of fused-ring (bicyclic) bond motifs is 1. The van der Waals surface area contributed by atoms with Crippen molar-refractivity contribution in [2.24, 2.45) is 0 Å². The van der Waals surface area contributed by atoms with E-state index in [4.69, 9.17) is 19.5 Å². The number of carbonyl (C=O) groups is 1. The summed E-state index contributed by atoms with van der Waals surface area (Å²) in [5.41, 5.74) is 4.43. The highest BCUT2D eigenvalue weighted by molar-refractivity contribution is 7.45. The Kier molecular flexibility index (Phi) is 7.24. The lowest BCUT2D eigenvalue weighted by atomic mass is 10.1. The third kappa shape index (κ3) is 5.51. The number of anilines is 1. The first-order valence-electron chi connectivity index (χ1n) is 10.0. The van der Waals surface area contributed by atoms with Crippen molar-refractivity contribution in [2.75, 3.05) is 18.9 Å². The van der Waals surface area contributed by atoms with Gasteiger partial charge in [-0.1, -0.05) is 30.3 Å². The molecular formula is C21H21F2N4O5P. The molecule has 1 saturated heterocycles. The molecule has 3 aromatic rings. The Morgan fingerprint density at radius 3 is 2.88 bits per heavy atom. The number of halogens is 2. The number of nitrogen functional groups attached to an aromatic ring is 1. The standard InChI is InChI=1S/C21H21F2N4O5P/c22-16-10-19(27-11-17(23)20(24)26-21(27)29)31-18(16)12-30-33(25-7-8-28)32-15-6-5-13-3-1-2-4-14(13)9-15/h1-6,8-9,11,16,18-19,25H,7,10,12H2,(H2,24,26,29). The molecule has 1 aliphatic heterocycles. The molecule has 12 heteroatoms. The molecule has 174 valence electrons. The van der Waals surface area contributed by atoms with Gasteiger partial charge in [0, 0.05) is 6.42 Å². The molecule has 33 heavy (non-hydrogen) atoms. The van der Waals surface area contributed by atoms with Crippen LogP contribution in [-0.4, -0.2) is 41.3 Å². The first-order valence-corrected chi connectivity index (χ1v) is 11.2. The van der Waals surface area contributed by atoms with Crippen molar-refractivity contribution in [2.45, 2.75) is 24.9 Å². The summed E-state index contributed by atoms with van der Waals surface area (Å²) < 4.78 is 46.2. The summed E-state index contributed by atoms with van der Waals surface area (Å²) >= 11 is 0. The summed E-state index contributed by atoms with van der Waals surface area (Å²) in [5.74, 6) is -0.933. The molecule has 4 rings (SSSR count). The predicted molar refractivity (Wildman–Crippen MR) is 118 cm³/mol. The van der Waals surface area contributed by atoms with Crippen LogP contribution in [0.3, 0.4) is 0 Å². The molecular weight excluding hydrogens is 457 g/mol. The number of nitrogens with one attached hydrogen (secondary N) is 1. The predicted octanol–water partition coefficient (Wildman–Crippen LogP) is 2.85. The minimum atomic E-state index is -1.80. The van der Waals surface area contributed by atoms with Gasteiger partial charge in [0.05, 0.1) is 19.3 Å². The molecule has 0 amide bonds. The monoisotopic (exact) mass is 478 g/mol. The van der Waals surface area contributed by atoms with Gasteiger partial charge >= 0.3 is 14.2 Å². The molecule has 0 aliphatic carbocycles. The summed E-state index contributed by atoms with van der Waals surface area (Å²) in [6, 6.07) is 13.2. The van der Waals surface area contributed by atoms with Gasteiger partial charge in [0.1, 0.15) is 30.5 Å². The van der Waals surface area contributed by atoms with Gasteiger partial charge < -0.3 is 24.3 Å². The molecule has 4 unspecified atom stereocenters. The van der Waals surface area contributed by atoms with E-state index in [1.165, 1.54) is 0 Å². The van der Waals surface area contributed by atoms with Gasteiger partial charge in [0.25, 0.3) is 0 Å². The highest BCUT2D eigenvalue weighted by Crippen LogP contribution is 2.38. The third-order valence-corrected chi connectivity index (χ3v) is 6.18. The van der Waals surface area contributed by atoms with Crippen molar-refractivity contribution in [3.8, 4) is 5.75 Å². The van der Waals surface area contributed by atoms with E-state index in [1.54, 1.807) is 6.07 Å². The van der Waals surface area contributed by atoms with Crippen molar-refractivity contribution in [3.63, 3.8) is 0 Å². The molecule has 0 radical (unpaired) electrons. The van der Waals surface area contributed by atoms with Crippen molar-refractivity contribution in [1.82, 2.24) is 14.6 Å². The van der Waals surface area contributed by atoms with Gasteiger partial charge in [-0.25, -0.2) is 18.7 Å². The van der Waals surface area contributed by atoms with Crippen LogP contribution in [0.25, 0.3) is 10.8 Å². The SMILES string of the molecule is Nc1nc(=O)n(C2CC(F)C(COP(NCC=O)Oc3ccc4ccccc4c3)O2)cc1F. The lowest BCUT2D eigenvalue weighted by Gasteiger charge is -2.21. The Balaban J connectivity index is 1.41. The normalized spacial score (nSPS) is 21.2. The molecule has 0 bridgehead atoms. The molecule has 0 spiro atoms. The van der Waals surface area contributed by atoms with Crippen LogP contribution in [0.1, 0.15) is 12.6 Å². The molecule has 1 aliphatic rings. The third-order valence-electron chi connectivity index (χ3n) is 4.98. The maximum atomic E-state index is 14.6. The number of nitrogens with two attached hydrogens (primary N) is 1. The van der Waals surface area contributed by atoms with E-state index in [0.717, 1.165) is 21.5 Å². The zero-order chi connectivity index (χ0) is 23.4. The quantitative estimate of drug-likeness (QED) is 0.356. The van der Waals surface area contributed by atoms with Gasteiger partial charge in [-0.15, -0.1) is 0 Å². The van der Waals surface area contributed by atoms with Gasteiger partial charge in [-0.3, -0.25) is 4.57 Å². The maximum Gasteiger partial charge on any atom is 0.351 e. The maximum absolute atomic E-state index is 14.6. The first kappa shape index (κ1) is 23.2. The fraction of sp³-hybridized carbons (Fsp3) is 0.286. The number of carbonyl (C=O) groups excluding carboxylic acids is 1. The van der Waals surface area contributed by atoms with E-state index >= 15 is 0 Å². The number of benzene rings is 2. The molecule has 2 aromatic carbocycles. The van der Waals surface area contributed by atoms with Gasteiger partial charge in [-0.2, -0.15) is 4.98 Å². The lowest BCUT2D eigenvalue weighted by Crippen LogP contribution is -2.29. The topological polar surface area (TPSA) is 118 Å². The van der Waals surface area contributed by atoms with E-state index in [0.29, 0.717) is 12.0 Å². The first-order chi connectivity index (χ1) is 15.9. The number of hydrogen-bond acceptors (Lipinski definition) is 8. The zero-order valence-electron chi connectivity index (χ0n) is 17.3. The van der Waals surface area contributed by atoms with Crippen LogP contribution in [0.15, 0.2) is 53.5 Å². The van der Waals surface area contributed by atoms with E-state index < -0.39 is 44.4 Å². The summed E-state index contributed by atoms with van der Waals surface area (Å²) in [7, 11) is -1.80. The second-order valence-electron chi connectivity index (χ2n) is 7.23. The van der Waals surface area contributed by atoms with E-state index in [1.807, 2.05) is 36.4 Å². The van der Waals surface area contributed by atoms with E-state index in [2.05, 4.69) is 10.1 Å². The fourth-order valence-electron chi connectivity index (χ4n) is 3.35. The average molecular weight is 478 g/mol. The number of alkyl halides is 1.